The number of likely N-dealkylation sites (N-methyl/N-ethyl adjacent to an activating group) is 1. The van der Waals surface area contributed by atoms with E-state index in [1.165, 1.54) is 4.88 Å². The molecule has 0 bridgehead atoms. The van der Waals surface area contributed by atoms with Crippen molar-refractivity contribution in [1.29, 1.82) is 0 Å². The van der Waals surface area contributed by atoms with Crippen LogP contribution in [0.2, 0.25) is 5.02 Å². The molecule has 1 aromatic carbocycles. The van der Waals surface area contributed by atoms with E-state index in [9.17, 15) is 0 Å². The van der Waals surface area contributed by atoms with Gasteiger partial charge in [-0.1, -0.05) is 40.5 Å². The number of nitrogens with one attached hydrogen (secondary N) is 1. The van der Waals surface area contributed by atoms with E-state index in [1.54, 1.807) is 11.3 Å². The number of thiophene rings is 1. The topological polar surface area (TPSA) is 12.0 Å². The van der Waals surface area contributed by atoms with Crippen LogP contribution in [0.25, 0.3) is 0 Å². The maximum Gasteiger partial charge on any atom is 0.0467 e. The maximum absolute atomic E-state index is 6.31. The minimum atomic E-state index is 0.290. The second-order valence-corrected chi connectivity index (χ2v) is 7.31. The first-order valence-corrected chi connectivity index (χ1v) is 8.86. The number of benzene rings is 1. The zero-order chi connectivity index (χ0) is 13.8. The molecule has 0 aliphatic carbocycles. The molecule has 102 valence electrons. The Morgan fingerprint density at radius 2 is 2.11 bits per heavy atom. The molecule has 2 rings (SSSR count). The van der Waals surface area contributed by atoms with Crippen LogP contribution in [0.1, 0.15) is 23.4 Å². The van der Waals surface area contributed by atoms with Crippen LogP contribution in [-0.2, 0) is 6.42 Å². The summed E-state index contributed by atoms with van der Waals surface area (Å²) in [7, 11) is 0. The molecule has 1 N–H and O–H groups in total. The van der Waals surface area contributed by atoms with Gasteiger partial charge in [0.15, 0.2) is 0 Å². The van der Waals surface area contributed by atoms with E-state index >= 15 is 0 Å². The minimum Gasteiger partial charge on any atom is -0.309 e. The van der Waals surface area contributed by atoms with Crippen molar-refractivity contribution in [2.75, 3.05) is 6.54 Å². The van der Waals surface area contributed by atoms with Crippen LogP contribution in [0.5, 0.6) is 0 Å². The second kappa shape index (κ2) is 7.23. The molecule has 2 aromatic rings. The van der Waals surface area contributed by atoms with Gasteiger partial charge in [-0.3, -0.25) is 0 Å². The van der Waals surface area contributed by atoms with Crippen LogP contribution < -0.4 is 5.32 Å². The van der Waals surface area contributed by atoms with Crippen LogP contribution in [0.4, 0.5) is 0 Å². The summed E-state index contributed by atoms with van der Waals surface area (Å²) in [5.74, 6) is 0. The van der Waals surface area contributed by atoms with E-state index in [2.05, 4.69) is 61.6 Å². The summed E-state index contributed by atoms with van der Waals surface area (Å²) >= 11 is 15.1. The lowest BCUT2D eigenvalue weighted by Crippen LogP contribution is -2.22. The van der Waals surface area contributed by atoms with E-state index in [4.69, 9.17) is 11.6 Å². The second-order valence-electron chi connectivity index (χ2n) is 4.18. The van der Waals surface area contributed by atoms with Gasteiger partial charge in [0, 0.05) is 24.9 Å². The van der Waals surface area contributed by atoms with Crippen molar-refractivity contribution in [3.8, 4) is 0 Å². The molecule has 0 aliphatic rings. The molecule has 0 amide bonds. The highest BCUT2D eigenvalue weighted by atomic mass is 79.9. The summed E-state index contributed by atoms with van der Waals surface area (Å²) < 4.78 is 2.18. The van der Waals surface area contributed by atoms with E-state index in [0.717, 1.165) is 32.5 Å². The predicted octanol–water partition coefficient (Wildman–Crippen LogP) is 5.82. The Morgan fingerprint density at radius 1 is 1.32 bits per heavy atom. The van der Waals surface area contributed by atoms with E-state index in [1.807, 2.05) is 12.1 Å². The molecule has 1 nitrogen and oxygen atoms in total. The zero-order valence-corrected chi connectivity index (χ0v) is 15.2. The Balaban J connectivity index is 2.24. The third-order valence-corrected chi connectivity index (χ3v) is 5.68. The van der Waals surface area contributed by atoms with Crippen molar-refractivity contribution in [2.45, 2.75) is 19.4 Å². The molecule has 1 aromatic heterocycles. The van der Waals surface area contributed by atoms with Crippen LogP contribution >= 0.6 is 54.8 Å². The van der Waals surface area contributed by atoms with Crippen LogP contribution in [0, 0.1) is 0 Å². The molecule has 5 heteroatoms. The lowest BCUT2D eigenvalue weighted by atomic mass is 10.0. The molecule has 0 radical (unpaired) electrons. The smallest absolute Gasteiger partial charge is 0.0467 e. The molecule has 0 spiro atoms. The van der Waals surface area contributed by atoms with Crippen LogP contribution in [-0.4, -0.2) is 6.54 Å². The van der Waals surface area contributed by atoms with Gasteiger partial charge >= 0.3 is 0 Å². The first kappa shape index (κ1) is 15.5. The monoisotopic (exact) mass is 421 g/mol. The van der Waals surface area contributed by atoms with Gasteiger partial charge in [0.2, 0.25) is 0 Å². The predicted molar refractivity (Wildman–Crippen MR) is 91.3 cm³/mol. The van der Waals surface area contributed by atoms with Gasteiger partial charge in [-0.05, 0) is 58.0 Å². The SMILES string of the molecule is CCNC(Cc1ccc(Br)cc1Cl)c1sccc1Br. The number of halogens is 3. The van der Waals surface area contributed by atoms with Gasteiger partial charge in [0.25, 0.3) is 0 Å². The highest BCUT2D eigenvalue weighted by molar-refractivity contribution is 9.10. The summed E-state index contributed by atoms with van der Waals surface area (Å²) in [6.45, 7) is 3.06. The number of hydrogen-bond donors (Lipinski definition) is 1. The Kier molecular flexibility index (Phi) is 5.90. The molecule has 0 aliphatic heterocycles. The number of hydrogen-bond acceptors (Lipinski definition) is 2. The van der Waals surface area contributed by atoms with E-state index in [-0.39, 0.29) is 6.04 Å². The molecule has 1 unspecified atom stereocenters. The van der Waals surface area contributed by atoms with Gasteiger partial charge in [0.05, 0.1) is 0 Å². The number of rotatable bonds is 5. The van der Waals surface area contributed by atoms with Gasteiger partial charge in [-0.25, -0.2) is 0 Å². The van der Waals surface area contributed by atoms with Gasteiger partial charge < -0.3 is 5.32 Å². The maximum atomic E-state index is 6.31. The summed E-state index contributed by atoms with van der Waals surface area (Å²) in [6.07, 6.45) is 0.888. The normalized spacial score (nSPS) is 12.6. The van der Waals surface area contributed by atoms with E-state index in [0.29, 0.717) is 0 Å². The molecule has 0 saturated heterocycles. The van der Waals surface area contributed by atoms with Crippen LogP contribution in [0.15, 0.2) is 38.6 Å². The third kappa shape index (κ3) is 4.05. The highest BCUT2D eigenvalue weighted by Gasteiger charge is 2.17. The highest BCUT2D eigenvalue weighted by Crippen LogP contribution is 2.33. The molecule has 1 atom stereocenters. The lowest BCUT2D eigenvalue weighted by molar-refractivity contribution is 0.556. The summed E-state index contributed by atoms with van der Waals surface area (Å²) in [5.41, 5.74) is 1.16. The minimum absolute atomic E-state index is 0.290. The van der Waals surface area contributed by atoms with Crippen molar-refractivity contribution < 1.29 is 0 Å². The molecule has 0 fully saturated rings. The molecular formula is C14H14Br2ClNS. The summed E-state index contributed by atoms with van der Waals surface area (Å²) in [6, 6.07) is 8.45. The largest absolute Gasteiger partial charge is 0.309 e. The third-order valence-electron chi connectivity index (χ3n) is 2.85. The van der Waals surface area contributed by atoms with Gasteiger partial charge in [0.1, 0.15) is 0 Å². The van der Waals surface area contributed by atoms with Crippen molar-refractivity contribution in [3.05, 3.63) is 54.1 Å². The fourth-order valence-electron chi connectivity index (χ4n) is 1.97. The first-order chi connectivity index (χ1) is 9.11. The lowest BCUT2D eigenvalue weighted by Gasteiger charge is -2.18. The fourth-order valence-corrected chi connectivity index (χ4v) is 4.44. The Labute approximate surface area is 139 Å². The fraction of sp³-hybridized carbons (Fsp3) is 0.286. The van der Waals surface area contributed by atoms with Crippen molar-refractivity contribution in [2.24, 2.45) is 0 Å². The van der Waals surface area contributed by atoms with Crippen molar-refractivity contribution in [3.63, 3.8) is 0 Å². The van der Waals surface area contributed by atoms with Crippen molar-refractivity contribution in [1.82, 2.24) is 5.32 Å². The van der Waals surface area contributed by atoms with Crippen LogP contribution in [0.3, 0.4) is 0 Å². The molecule has 0 saturated carbocycles. The zero-order valence-electron chi connectivity index (χ0n) is 10.4. The Hall–Kier alpha value is 0.130. The van der Waals surface area contributed by atoms with Crippen molar-refractivity contribution >= 4 is 54.8 Å². The molecule has 1 heterocycles. The quantitative estimate of drug-likeness (QED) is 0.639. The Morgan fingerprint density at radius 3 is 2.68 bits per heavy atom. The average molecular weight is 424 g/mol. The molecule has 19 heavy (non-hydrogen) atoms. The molecular weight excluding hydrogens is 409 g/mol. The summed E-state index contributed by atoms with van der Waals surface area (Å²) in [5, 5.41) is 6.44. The summed E-state index contributed by atoms with van der Waals surface area (Å²) in [4.78, 5) is 1.32. The first-order valence-electron chi connectivity index (χ1n) is 6.02. The van der Waals surface area contributed by atoms with Gasteiger partial charge in [-0.2, -0.15) is 0 Å². The van der Waals surface area contributed by atoms with Gasteiger partial charge in [-0.15, -0.1) is 11.3 Å². The standard InChI is InChI=1S/C14H14Br2ClNS/c1-2-18-13(14-11(16)5-6-19-14)7-9-3-4-10(15)8-12(9)17/h3-6,8,13,18H,2,7H2,1H3. The average Bonchev–Trinajstić information content (AvgIpc) is 2.78. The Bertz CT molecular complexity index is 556. The van der Waals surface area contributed by atoms with E-state index < -0.39 is 0 Å².